The van der Waals surface area contributed by atoms with Crippen molar-refractivity contribution in [1.29, 1.82) is 0 Å². The Morgan fingerprint density at radius 3 is 2.85 bits per heavy atom. The molecule has 0 atom stereocenters. The monoisotopic (exact) mass is 348 g/mol. The van der Waals surface area contributed by atoms with Gasteiger partial charge in [0.05, 0.1) is 0 Å². The van der Waals surface area contributed by atoms with Crippen LogP contribution in [0.25, 0.3) is 10.8 Å². The number of carbonyl (C=O) groups excluding carboxylic acids is 1. The van der Waals surface area contributed by atoms with E-state index in [9.17, 15) is 4.79 Å². The Morgan fingerprint density at radius 2 is 2.00 bits per heavy atom. The minimum atomic E-state index is -0.127. The molecule has 2 heterocycles. The molecular weight excluding hydrogens is 324 g/mol. The van der Waals surface area contributed by atoms with Crippen molar-refractivity contribution in [3.63, 3.8) is 0 Å². The second-order valence-electron chi connectivity index (χ2n) is 7.01. The van der Waals surface area contributed by atoms with E-state index in [1.807, 2.05) is 36.5 Å². The second-order valence-corrected chi connectivity index (χ2v) is 7.01. The van der Waals surface area contributed by atoms with Gasteiger partial charge in [0, 0.05) is 42.5 Å². The fourth-order valence-corrected chi connectivity index (χ4v) is 4.01. The standard InChI is InChI=1S/C21H24N4O/c1-15-14-24-19(25(15)17-7-3-4-8-17)11-13-23-21(26)20-18-9-5-2-6-16(18)10-12-22-20/h2,5-6,9-10,12,14,17H,3-4,7-8,11,13H2,1H3,(H,23,26). The zero-order chi connectivity index (χ0) is 17.9. The first-order chi connectivity index (χ1) is 12.7. The molecule has 0 unspecified atom stereocenters. The van der Waals surface area contributed by atoms with Crippen LogP contribution >= 0.6 is 0 Å². The molecule has 2 aromatic heterocycles. The van der Waals surface area contributed by atoms with Gasteiger partial charge in [-0.15, -0.1) is 0 Å². The van der Waals surface area contributed by atoms with Gasteiger partial charge in [-0.2, -0.15) is 0 Å². The minimum Gasteiger partial charge on any atom is -0.350 e. The quantitative estimate of drug-likeness (QED) is 0.762. The maximum atomic E-state index is 12.6. The lowest BCUT2D eigenvalue weighted by Gasteiger charge is -2.17. The first kappa shape index (κ1) is 16.8. The van der Waals surface area contributed by atoms with Crippen molar-refractivity contribution in [2.45, 2.75) is 45.1 Å². The number of benzene rings is 1. The first-order valence-electron chi connectivity index (χ1n) is 9.38. The fourth-order valence-electron chi connectivity index (χ4n) is 4.01. The largest absolute Gasteiger partial charge is 0.350 e. The molecule has 0 aliphatic heterocycles. The Hall–Kier alpha value is -2.69. The summed E-state index contributed by atoms with van der Waals surface area (Å²) in [5.74, 6) is 0.943. The molecule has 0 spiro atoms. The summed E-state index contributed by atoms with van der Waals surface area (Å²) in [6.45, 7) is 2.68. The van der Waals surface area contributed by atoms with Gasteiger partial charge in [-0.3, -0.25) is 9.78 Å². The van der Waals surface area contributed by atoms with Gasteiger partial charge in [-0.05, 0) is 31.2 Å². The summed E-state index contributed by atoms with van der Waals surface area (Å²) in [7, 11) is 0. The maximum absolute atomic E-state index is 12.6. The number of nitrogens with zero attached hydrogens (tertiary/aromatic N) is 3. The molecule has 4 rings (SSSR count). The van der Waals surface area contributed by atoms with E-state index in [2.05, 4.69) is 26.8 Å². The third kappa shape index (κ3) is 3.21. The van der Waals surface area contributed by atoms with E-state index >= 15 is 0 Å². The third-order valence-electron chi connectivity index (χ3n) is 5.27. The molecule has 3 aromatic rings. The van der Waals surface area contributed by atoms with Gasteiger partial charge in [0.1, 0.15) is 11.5 Å². The second kappa shape index (κ2) is 7.28. The van der Waals surface area contributed by atoms with Gasteiger partial charge in [-0.25, -0.2) is 4.98 Å². The SMILES string of the molecule is Cc1cnc(CCNC(=O)c2nccc3ccccc23)n1C1CCCC1. The number of pyridine rings is 1. The average molecular weight is 348 g/mol. The zero-order valence-corrected chi connectivity index (χ0v) is 15.1. The molecule has 5 nitrogen and oxygen atoms in total. The predicted octanol–water partition coefficient (Wildman–Crippen LogP) is 3.83. The van der Waals surface area contributed by atoms with Crippen LogP contribution in [0.5, 0.6) is 0 Å². The molecule has 5 heteroatoms. The smallest absolute Gasteiger partial charge is 0.270 e. The van der Waals surface area contributed by atoms with Crippen molar-refractivity contribution in [2.24, 2.45) is 0 Å². The lowest BCUT2D eigenvalue weighted by atomic mass is 10.1. The van der Waals surface area contributed by atoms with Gasteiger partial charge < -0.3 is 9.88 Å². The van der Waals surface area contributed by atoms with Crippen molar-refractivity contribution in [2.75, 3.05) is 6.54 Å². The summed E-state index contributed by atoms with van der Waals surface area (Å²) >= 11 is 0. The molecular formula is C21H24N4O. The Bertz CT molecular complexity index is 919. The van der Waals surface area contributed by atoms with Crippen molar-refractivity contribution in [3.8, 4) is 0 Å². The van der Waals surface area contributed by atoms with Crippen molar-refractivity contribution >= 4 is 16.7 Å². The summed E-state index contributed by atoms with van der Waals surface area (Å²) in [5.41, 5.74) is 1.70. The number of imidazole rings is 1. The molecule has 1 aliphatic rings. The lowest BCUT2D eigenvalue weighted by Crippen LogP contribution is -2.27. The molecule has 1 saturated carbocycles. The fraction of sp³-hybridized carbons (Fsp3) is 0.381. The van der Waals surface area contributed by atoms with Gasteiger partial charge in [0.25, 0.3) is 5.91 Å². The molecule has 1 aromatic carbocycles. The van der Waals surface area contributed by atoms with Crippen LogP contribution in [-0.4, -0.2) is 27.0 Å². The molecule has 0 saturated heterocycles. The van der Waals surface area contributed by atoms with Crippen LogP contribution in [0.15, 0.2) is 42.7 Å². The number of fused-ring (bicyclic) bond motifs is 1. The highest BCUT2D eigenvalue weighted by atomic mass is 16.1. The van der Waals surface area contributed by atoms with Crippen LogP contribution < -0.4 is 5.32 Å². The van der Waals surface area contributed by atoms with E-state index in [-0.39, 0.29) is 5.91 Å². The molecule has 1 fully saturated rings. The van der Waals surface area contributed by atoms with Crippen LogP contribution in [0.2, 0.25) is 0 Å². The van der Waals surface area contributed by atoms with E-state index in [1.165, 1.54) is 31.4 Å². The van der Waals surface area contributed by atoms with E-state index < -0.39 is 0 Å². The number of aryl methyl sites for hydroxylation is 1. The summed E-state index contributed by atoms with van der Waals surface area (Å²) in [4.78, 5) is 21.5. The number of nitrogens with one attached hydrogen (secondary N) is 1. The Kier molecular flexibility index (Phi) is 4.69. The Balaban J connectivity index is 1.44. The lowest BCUT2D eigenvalue weighted by molar-refractivity contribution is 0.0950. The molecule has 1 aliphatic carbocycles. The number of aromatic nitrogens is 3. The van der Waals surface area contributed by atoms with Gasteiger partial charge in [-0.1, -0.05) is 37.1 Å². The summed E-state index contributed by atoms with van der Waals surface area (Å²) in [6.07, 6.45) is 9.43. The van der Waals surface area contributed by atoms with E-state index in [0.29, 0.717) is 18.3 Å². The molecule has 134 valence electrons. The summed E-state index contributed by atoms with van der Waals surface area (Å²) < 4.78 is 2.37. The maximum Gasteiger partial charge on any atom is 0.270 e. The summed E-state index contributed by atoms with van der Waals surface area (Å²) in [5, 5.41) is 4.92. The van der Waals surface area contributed by atoms with Crippen molar-refractivity contribution < 1.29 is 4.79 Å². The van der Waals surface area contributed by atoms with E-state index in [4.69, 9.17) is 0 Å². The van der Waals surface area contributed by atoms with Crippen LogP contribution in [0, 0.1) is 6.92 Å². The molecule has 0 radical (unpaired) electrons. The van der Waals surface area contributed by atoms with E-state index in [1.54, 1.807) is 6.20 Å². The van der Waals surface area contributed by atoms with Crippen molar-refractivity contribution in [1.82, 2.24) is 19.9 Å². The highest BCUT2D eigenvalue weighted by Gasteiger charge is 2.21. The van der Waals surface area contributed by atoms with Crippen LogP contribution in [0.1, 0.15) is 53.7 Å². The highest BCUT2D eigenvalue weighted by Crippen LogP contribution is 2.31. The number of hydrogen-bond donors (Lipinski definition) is 1. The van der Waals surface area contributed by atoms with Gasteiger partial charge in [0.2, 0.25) is 0 Å². The van der Waals surface area contributed by atoms with E-state index in [0.717, 1.165) is 23.0 Å². The third-order valence-corrected chi connectivity index (χ3v) is 5.27. The number of rotatable bonds is 5. The first-order valence-corrected chi connectivity index (χ1v) is 9.38. The average Bonchev–Trinajstić information content (AvgIpc) is 3.31. The normalized spacial score (nSPS) is 14.8. The molecule has 26 heavy (non-hydrogen) atoms. The highest BCUT2D eigenvalue weighted by molar-refractivity contribution is 6.05. The number of hydrogen-bond acceptors (Lipinski definition) is 3. The molecule has 1 N–H and O–H groups in total. The summed E-state index contributed by atoms with van der Waals surface area (Å²) in [6, 6.07) is 10.3. The van der Waals surface area contributed by atoms with Crippen LogP contribution in [-0.2, 0) is 6.42 Å². The molecule has 0 bridgehead atoms. The number of amides is 1. The van der Waals surface area contributed by atoms with Crippen LogP contribution in [0.3, 0.4) is 0 Å². The van der Waals surface area contributed by atoms with Gasteiger partial charge >= 0.3 is 0 Å². The predicted molar refractivity (Wildman–Crippen MR) is 102 cm³/mol. The number of carbonyl (C=O) groups is 1. The molecule has 1 amide bonds. The van der Waals surface area contributed by atoms with Crippen molar-refractivity contribution in [3.05, 3.63) is 59.9 Å². The van der Waals surface area contributed by atoms with Gasteiger partial charge in [0.15, 0.2) is 0 Å². The van der Waals surface area contributed by atoms with Crippen LogP contribution in [0.4, 0.5) is 0 Å². The zero-order valence-electron chi connectivity index (χ0n) is 15.1. The Morgan fingerprint density at radius 1 is 1.19 bits per heavy atom. The topological polar surface area (TPSA) is 59.8 Å². The Labute approximate surface area is 153 Å². The minimum absolute atomic E-state index is 0.127.